The van der Waals surface area contributed by atoms with Gasteiger partial charge in [0.25, 0.3) is 0 Å². The number of hydrogen-bond donors (Lipinski definition) is 2. The first-order valence-electron chi connectivity index (χ1n) is 4.40. The van der Waals surface area contributed by atoms with Crippen molar-refractivity contribution in [3.63, 3.8) is 0 Å². The number of aryl methyl sites for hydroxylation is 1. The fraction of sp³-hybridized carbons (Fsp3) is 0.222. The second kappa shape index (κ2) is 3.51. The molecule has 6 heteroatoms. The lowest BCUT2D eigenvalue weighted by Gasteiger charge is -1.99. The summed E-state index contributed by atoms with van der Waals surface area (Å²) in [6, 6.07) is 1.33. The van der Waals surface area contributed by atoms with Crippen LogP contribution in [0.2, 0.25) is 5.15 Å². The highest BCUT2D eigenvalue weighted by Crippen LogP contribution is 2.22. The Hall–Kier alpha value is -1.62. The van der Waals surface area contributed by atoms with E-state index < -0.39 is 5.97 Å². The standard InChI is InChI=1S/C9H8ClN3O2/c1-2-5-7-4(9(14)15)3-6(10)11-8(7)13-12-5/h3H,2H2,1H3,(H,14,15)(H,11,12,13). The molecule has 2 aromatic rings. The maximum Gasteiger partial charge on any atom is 0.336 e. The molecule has 2 aromatic heterocycles. The highest BCUT2D eigenvalue weighted by Gasteiger charge is 2.16. The second-order valence-corrected chi connectivity index (χ2v) is 3.44. The van der Waals surface area contributed by atoms with Crippen molar-refractivity contribution in [2.24, 2.45) is 0 Å². The molecule has 0 saturated carbocycles. The number of carboxylic acids is 1. The quantitative estimate of drug-likeness (QED) is 0.765. The van der Waals surface area contributed by atoms with Crippen molar-refractivity contribution < 1.29 is 9.90 Å². The van der Waals surface area contributed by atoms with E-state index in [0.717, 1.165) is 5.69 Å². The molecule has 0 fully saturated rings. The average molecular weight is 226 g/mol. The van der Waals surface area contributed by atoms with Crippen LogP contribution in [0.3, 0.4) is 0 Å². The number of hydrogen-bond acceptors (Lipinski definition) is 3. The molecule has 0 aliphatic heterocycles. The van der Waals surface area contributed by atoms with E-state index in [4.69, 9.17) is 16.7 Å². The van der Waals surface area contributed by atoms with Gasteiger partial charge in [-0.2, -0.15) is 5.10 Å². The van der Waals surface area contributed by atoms with Crippen molar-refractivity contribution in [1.82, 2.24) is 15.2 Å². The number of pyridine rings is 1. The van der Waals surface area contributed by atoms with Gasteiger partial charge in [0.15, 0.2) is 5.65 Å². The van der Waals surface area contributed by atoms with Crippen LogP contribution in [0.4, 0.5) is 0 Å². The van der Waals surface area contributed by atoms with Crippen molar-refractivity contribution in [1.29, 1.82) is 0 Å². The van der Waals surface area contributed by atoms with Crippen molar-refractivity contribution in [2.75, 3.05) is 0 Å². The van der Waals surface area contributed by atoms with Gasteiger partial charge >= 0.3 is 5.97 Å². The Kier molecular flexibility index (Phi) is 2.32. The third-order valence-electron chi connectivity index (χ3n) is 2.15. The summed E-state index contributed by atoms with van der Waals surface area (Å²) >= 11 is 5.69. The molecule has 15 heavy (non-hydrogen) atoms. The van der Waals surface area contributed by atoms with E-state index in [-0.39, 0.29) is 10.7 Å². The summed E-state index contributed by atoms with van der Waals surface area (Å²) in [4.78, 5) is 15.0. The summed E-state index contributed by atoms with van der Waals surface area (Å²) in [6.45, 7) is 1.91. The van der Waals surface area contributed by atoms with Gasteiger partial charge < -0.3 is 5.11 Å². The first kappa shape index (κ1) is 9.92. The average Bonchev–Trinajstić information content (AvgIpc) is 2.58. The van der Waals surface area contributed by atoms with E-state index in [0.29, 0.717) is 17.5 Å². The van der Waals surface area contributed by atoms with Crippen LogP contribution in [0.25, 0.3) is 11.0 Å². The maximum absolute atomic E-state index is 11.0. The Balaban J connectivity index is 2.85. The SMILES string of the molecule is CCc1[nH]nc2nc(Cl)cc(C(=O)O)c12. The fourth-order valence-corrected chi connectivity index (χ4v) is 1.67. The van der Waals surface area contributed by atoms with Gasteiger partial charge in [0.2, 0.25) is 0 Å². The molecule has 0 atom stereocenters. The molecule has 0 aliphatic rings. The van der Waals surface area contributed by atoms with Gasteiger partial charge in [0.1, 0.15) is 5.15 Å². The number of aromatic nitrogens is 3. The first-order chi connectivity index (χ1) is 7.13. The van der Waals surface area contributed by atoms with Gasteiger partial charge in [0.05, 0.1) is 10.9 Å². The summed E-state index contributed by atoms with van der Waals surface area (Å²) in [5.74, 6) is -1.03. The summed E-state index contributed by atoms with van der Waals surface area (Å²) in [5, 5.41) is 16.3. The molecule has 78 valence electrons. The van der Waals surface area contributed by atoms with Crippen LogP contribution in [-0.2, 0) is 6.42 Å². The van der Waals surface area contributed by atoms with Crippen molar-refractivity contribution in [3.8, 4) is 0 Å². The number of rotatable bonds is 2. The zero-order chi connectivity index (χ0) is 11.0. The molecule has 0 saturated heterocycles. The fourth-order valence-electron chi connectivity index (χ4n) is 1.48. The summed E-state index contributed by atoms with van der Waals surface area (Å²) in [5.41, 5.74) is 1.24. The first-order valence-corrected chi connectivity index (χ1v) is 4.78. The van der Waals surface area contributed by atoms with E-state index in [2.05, 4.69) is 15.2 Å². The minimum Gasteiger partial charge on any atom is -0.478 e. The Morgan fingerprint density at radius 3 is 3.00 bits per heavy atom. The molecule has 0 unspecified atom stereocenters. The largest absolute Gasteiger partial charge is 0.478 e. The maximum atomic E-state index is 11.0. The van der Waals surface area contributed by atoms with Gasteiger partial charge in [-0.25, -0.2) is 9.78 Å². The topological polar surface area (TPSA) is 78.9 Å². The number of H-pyrrole nitrogens is 1. The van der Waals surface area contributed by atoms with E-state index in [1.807, 2.05) is 6.92 Å². The van der Waals surface area contributed by atoms with E-state index >= 15 is 0 Å². The lowest BCUT2D eigenvalue weighted by molar-refractivity contribution is 0.0699. The third-order valence-corrected chi connectivity index (χ3v) is 2.35. The number of halogens is 1. The molecule has 2 N–H and O–H groups in total. The number of nitrogens with one attached hydrogen (secondary N) is 1. The van der Waals surface area contributed by atoms with Gasteiger partial charge in [-0.1, -0.05) is 18.5 Å². The number of nitrogens with zero attached hydrogens (tertiary/aromatic N) is 2. The van der Waals surface area contributed by atoms with Crippen molar-refractivity contribution in [2.45, 2.75) is 13.3 Å². The summed E-state index contributed by atoms with van der Waals surface area (Å²) in [6.07, 6.45) is 0.667. The van der Waals surface area contributed by atoms with Crippen LogP contribution < -0.4 is 0 Å². The Morgan fingerprint density at radius 1 is 1.67 bits per heavy atom. The number of fused-ring (bicyclic) bond motifs is 1. The molecule has 5 nitrogen and oxygen atoms in total. The van der Waals surface area contributed by atoms with E-state index in [1.165, 1.54) is 6.07 Å². The number of aromatic carboxylic acids is 1. The minimum atomic E-state index is -1.03. The smallest absolute Gasteiger partial charge is 0.336 e. The molecule has 0 aromatic carbocycles. The predicted octanol–water partition coefficient (Wildman–Crippen LogP) is 1.87. The molecule has 0 spiro atoms. The highest BCUT2D eigenvalue weighted by molar-refractivity contribution is 6.30. The monoisotopic (exact) mass is 225 g/mol. The van der Waals surface area contributed by atoms with Gasteiger partial charge in [-0.05, 0) is 12.5 Å². The zero-order valence-corrected chi connectivity index (χ0v) is 8.67. The molecule has 0 aliphatic carbocycles. The predicted molar refractivity (Wildman–Crippen MR) is 55.2 cm³/mol. The molecular weight excluding hydrogens is 218 g/mol. The molecular formula is C9H8ClN3O2. The molecule has 0 radical (unpaired) electrons. The van der Waals surface area contributed by atoms with Crippen LogP contribution in [0.5, 0.6) is 0 Å². The van der Waals surface area contributed by atoms with Crippen LogP contribution in [-0.4, -0.2) is 26.3 Å². The highest BCUT2D eigenvalue weighted by atomic mass is 35.5. The van der Waals surface area contributed by atoms with Gasteiger partial charge in [-0.15, -0.1) is 0 Å². The Labute approximate surface area is 90.1 Å². The normalized spacial score (nSPS) is 10.8. The zero-order valence-electron chi connectivity index (χ0n) is 7.91. The van der Waals surface area contributed by atoms with Crippen LogP contribution in [0.1, 0.15) is 23.0 Å². The Bertz CT molecular complexity index is 535. The number of carbonyl (C=O) groups is 1. The summed E-state index contributed by atoms with van der Waals surface area (Å²) in [7, 11) is 0. The van der Waals surface area contributed by atoms with Crippen molar-refractivity contribution >= 4 is 28.6 Å². The minimum absolute atomic E-state index is 0.133. The van der Waals surface area contributed by atoms with Gasteiger partial charge in [-0.3, -0.25) is 5.10 Å². The third kappa shape index (κ3) is 1.55. The molecule has 0 amide bonds. The van der Waals surface area contributed by atoms with Crippen molar-refractivity contribution in [3.05, 3.63) is 22.5 Å². The van der Waals surface area contributed by atoms with Crippen LogP contribution in [0.15, 0.2) is 6.07 Å². The van der Waals surface area contributed by atoms with E-state index in [1.54, 1.807) is 0 Å². The van der Waals surface area contributed by atoms with Crippen LogP contribution >= 0.6 is 11.6 Å². The van der Waals surface area contributed by atoms with Gasteiger partial charge in [0, 0.05) is 5.69 Å². The summed E-state index contributed by atoms with van der Waals surface area (Å²) < 4.78 is 0. The second-order valence-electron chi connectivity index (χ2n) is 3.05. The lowest BCUT2D eigenvalue weighted by atomic mass is 10.1. The molecule has 0 bridgehead atoms. The van der Waals surface area contributed by atoms with Crippen LogP contribution in [0, 0.1) is 0 Å². The van der Waals surface area contributed by atoms with E-state index in [9.17, 15) is 4.79 Å². The Morgan fingerprint density at radius 2 is 2.40 bits per heavy atom. The molecule has 2 rings (SSSR count). The molecule has 2 heterocycles. The lowest BCUT2D eigenvalue weighted by Crippen LogP contribution is -1.99. The number of aromatic amines is 1. The number of carboxylic acid groups (broad SMARTS) is 1.